The first-order valence-electron chi connectivity index (χ1n) is 7.83. The van der Waals surface area contributed by atoms with E-state index < -0.39 is 0 Å². The van der Waals surface area contributed by atoms with Gasteiger partial charge in [0.1, 0.15) is 0 Å². The molecule has 2 rings (SSSR count). The lowest BCUT2D eigenvalue weighted by atomic mass is 10.2. The minimum Gasteiger partial charge on any atom is -0.465 e. The molecule has 126 valence electrons. The fourth-order valence-electron chi connectivity index (χ4n) is 1.92. The van der Waals surface area contributed by atoms with E-state index in [1.807, 2.05) is 44.2 Å². The van der Waals surface area contributed by atoms with E-state index in [-0.39, 0.29) is 11.9 Å². The molecule has 0 radical (unpaired) electrons. The van der Waals surface area contributed by atoms with Crippen LogP contribution in [0.1, 0.15) is 29.8 Å². The summed E-state index contributed by atoms with van der Waals surface area (Å²) >= 11 is 6.06. The van der Waals surface area contributed by atoms with Crippen molar-refractivity contribution in [2.45, 2.75) is 20.4 Å². The lowest BCUT2D eigenvalue weighted by Gasteiger charge is -2.13. The van der Waals surface area contributed by atoms with Crippen molar-refractivity contribution in [3.8, 4) is 0 Å². The smallest absolute Gasteiger partial charge is 0.292 e. The third-order valence-electron chi connectivity index (χ3n) is 3.14. The van der Waals surface area contributed by atoms with Crippen LogP contribution in [0.2, 0.25) is 5.02 Å². The molecule has 0 saturated heterocycles. The number of amidine groups is 1. The standard InChI is InChI=1S/C19H21ClN2O2/c1-14(2)13-24-19(21-12-15-8-4-3-5-9-15)22-18(23)16-10-6-7-11-17(16)20/h3-11,14H,12-13H2,1-2H3,(H,21,22,23). The van der Waals surface area contributed by atoms with Gasteiger partial charge in [0.15, 0.2) is 0 Å². The van der Waals surface area contributed by atoms with Gasteiger partial charge in [-0.3, -0.25) is 10.1 Å². The molecule has 1 N–H and O–H groups in total. The van der Waals surface area contributed by atoms with Crippen LogP contribution in [0.3, 0.4) is 0 Å². The normalized spacial score (nSPS) is 11.4. The summed E-state index contributed by atoms with van der Waals surface area (Å²) in [5.41, 5.74) is 1.43. The maximum Gasteiger partial charge on any atom is 0.292 e. The molecule has 2 aromatic rings. The molecule has 0 heterocycles. The molecular formula is C19H21ClN2O2. The van der Waals surface area contributed by atoms with Crippen LogP contribution in [0.15, 0.2) is 59.6 Å². The molecule has 5 heteroatoms. The van der Waals surface area contributed by atoms with Gasteiger partial charge in [0.2, 0.25) is 0 Å². The SMILES string of the molecule is CC(C)COC(=NCc1ccccc1)NC(=O)c1ccccc1Cl. The number of benzene rings is 2. The number of amides is 1. The van der Waals surface area contributed by atoms with Gasteiger partial charge in [0.25, 0.3) is 11.9 Å². The van der Waals surface area contributed by atoms with Gasteiger partial charge in [-0.15, -0.1) is 0 Å². The molecule has 0 spiro atoms. The van der Waals surface area contributed by atoms with Crippen molar-refractivity contribution in [2.75, 3.05) is 6.61 Å². The second-order valence-corrected chi connectivity index (χ2v) is 6.15. The Kier molecular flexibility index (Phi) is 6.82. The predicted molar refractivity (Wildman–Crippen MR) is 97.3 cm³/mol. The number of hydrogen-bond donors (Lipinski definition) is 1. The monoisotopic (exact) mass is 344 g/mol. The molecular weight excluding hydrogens is 324 g/mol. The number of halogens is 1. The van der Waals surface area contributed by atoms with Crippen LogP contribution >= 0.6 is 11.6 Å². The van der Waals surface area contributed by atoms with Gasteiger partial charge >= 0.3 is 0 Å². The molecule has 2 aromatic carbocycles. The summed E-state index contributed by atoms with van der Waals surface area (Å²) in [5.74, 6) is -0.0136. The summed E-state index contributed by atoms with van der Waals surface area (Å²) in [5, 5.41) is 3.09. The summed E-state index contributed by atoms with van der Waals surface area (Å²) < 4.78 is 5.63. The van der Waals surface area contributed by atoms with E-state index in [1.54, 1.807) is 24.3 Å². The van der Waals surface area contributed by atoms with Gasteiger partial charge in [-0.05, 0) is 23.6 Å². The first-order valence-corrected chi connectivity index (χ1v) is 8.21. The second-order valence-electron chi connectivity index (χ2n) is 5.75. The average Bonchev–Trinajstić information content (AvgIpc) is 2.58. The van der Waals surface area contributed by atoms with Crippen LogP contribution in [-0.2, 0) is 11.3 Å². The number of carbonyl (C=O) groups excluding carboxylic acids is 1. The molecule has 0 atom stereocenters. The third-order valence-corrected chi connectivity index (χ3v) is 3.47. The molecule has 1 amide bonds. The highest BCUT2D eigenvalue weighted by Crippen LogP contribution is 2.14. The zero-order chi connectivity index (χ0) is 17.4. The first-order chi connectivity index (χ1) is 11.6. The number of aliphatic imine (C=N–C) groups is 1. The maximum absolute atomic E-state index is 12.4. The van der Waals surface area contributed by atoms with Crippen LogP contribution in [0.5, 0.6) is 0 Å². The zero-order valence-corrected chi connectivity index (χ0v) is 14.6. The van der Waals surface area contributed by atoms with Crippen molar-refractivity contribution >= 4 is 23.5 Å². The summed E-state index contributed by atoms with van der Waals surface area (Å²) in [6.45, 7) is 4.96. The van der Waals surface area contributed by atoms with Crippen LogP contribution < -0.4 is 5.32 Å². The van der Waals surface area contributed by atoms with E-state index in [0.29, 0.717) is 29.7 Å². The van der Waals surface area contributed by atoms with Crippen molar-refractivity contribution < 1.29 is 9.53 Å². The van der Waals surface area contributed by atoms with Gasteiger partial charge in [0.05, 0.1) is 23.7 Å². The number of hydrogen-bond acceptors (Lipinski definition) is 3. The Balaban J connectivity index is 2.10. The van der Waals surface area contributed by atoms with Crippen molar-refractivity contribution in [3.63, 3.8) is 0 Å². The highest BCUT2D eigenvalue weighted by Gasteiger charge is 2.13. The van der Waals surface area contributed by atoms with E-state index in [1.165, 1.54) is 0 Å². The first kappa shape index (κ1) is 18.0. The topological polar surface area (TPSA) is 50.7 Å². The van der Waals surface area contributed by atoms with Gasteiger partial charge in [-0.25, -0.2) is 4.99 Å². The van der Waals surface area contributed by atoms with E-state index >= 15 is 0 Å². The average molecular weight is 345 g/mol. The van der Waals surface area contributed by atoms with E-state index in [9.17, 15) is 4.79 Å². The summed E-state index contributed by atoms with van der Waals surface area (Å²) in [4.78, 5) is 16.8. The number of nitrogens with zero attached hydrogens (tertiary/aromatic N) is 1. The Bertz CT molecular complexity index is 700. The van der Waals surface area contributed by atoms with Crippen LogP contribution in [0, 0.1) is 5.92 Å². The second kappa shape index (κ2) is 9.08. The lowest BCUT2D eigenvalue weighted by molar-refractivity contribution is 0.0963. The van der Waals surface area contributed by atoms with Gasteiger partial charge in [-0.1, -0.05) is 67.9 Å². The molecule has 24 heavy (non-hydrogen) atoms. The Morgan fingerprint density at radius 1 is 1.12 bits per heavy atom. The summed E-state index contributed by atoms with van der Waals surface area (Å²) in [6.07, 6.45) is 0. The minimum absolute atomic E-state index is 0.206. The third kappa shape index (κ3) is 5.70. The van der Waals surface area contributed by atoms with Crippen molar-refractivity contribution in [1.29, 1.82) is 0 Å². The molecule has 0 aliphatic heterocycles. The molecule has 0 aliphatic rings. The van der Waals surface area contributed by atoms with E-state index in [2.05, 4.69) is 10.3 Å². The van der Waals surface area contributed by atoms with Crippen LogP contribution in [0.4, 0.5) is 0 Å². The largest absolute Gasteiger partial charge is 0.465 e. The molecule has 0 unspecified atom stereocenters. The minimum atomic E-state index is -0.337. The molecule has 4 nitrogen and oxygen atoms in total. The van der Waals surface area contributed by atoms with E-state index in [0.717, 1.165) is 5.56 Å². The van der Waals surface area contributed by atoms with Crippen molar-refractivity contribution in [3.05, 3.63) is 70.7 Å². The predicted octanol–water partition coefficient (Wildman–Crippen LogP) is 4.30. The van der Waals surface area contributed by atoms with Gasteiger partial charge in [0, 0.05) is 0 Å². The highest BCUT2D eigenvalue weighted by molar-refractivity contribution is 6.34. The Labute approximate surface area is 147 Å². The lowest BCUT2D eigenvalue weighted by Crippen LogP contribution is -2.33. The summed E-state index contributed by atoms with van der Waals surface area (Å²) in [6, 6.07) is 16.9. The fourth-order valence-corrected chi connectivity index (χ4v) is 2.14. The molecule has 0 fully saturated rings. The van der Waals surface area contributed by atoms with Crippen LogP contribution in [-0.4, -0.2) is 18.5 Å². The quantitative estimate of drug-likeness (QED) is 0.649. The maximum atomic E-state index is 12.4. The Morgan fingerprint density at radius 2 is 1.79 bits per heavy atom. The molecule has 0 bridgehead atoms. The molecule has 0 saturated carbocycles. The zero-order valence-electron chi connectivity index (χ0n) is 13.8. The number of ether oxygens (including phenoxy) is 1. The number of rotatable bonds is 5. The Morgan fingerprint density at radius 3 is 2.46 bits per heavy atom. The highest BCUT2D eigenvalue weighted by atomic mass is 35.5. The molecule has 0 aliphatic carbocycles. The fraction of sp³-hybridized carbons (Fsp3) is 0.263. The summed E-state index contributed by atoms with van der Waals surface area (Å²) in [7, 11) is 0. The number of carbonyl (C=O) groups is 1. The van der Waals surface area contributed by atoms with Gasteiger partial charge < -0.3 is 4.74 Å². The van der Waals surface area contributed by atoms with Crippen molar-refractivity contribution in [1.82, 2.24) is 5.32 Å². The molecule has 0 aromatic heterocycles. The van der Waals surface area contributed by atoms with Crippen LogP contribution in [0.25, 0.3) is 0 Å². The Hall–Kier alpha value is -2.33. The van der Waals surface area contributed by atoms with E-state index in [4.69, 9.17) is 16.3 Å². The number of nitrogens with one attached hydrogen (secondary N) is 1. The van der Waals surface area contributed by atoms with Gasteiger partial charge in [-0.2, -0.15) is 0 Å². The van der Waals surface area contributed by atoms with Crippen molar-refractivity contribution in [2.24, 2.45) is 10.9 Å².